The lowest BCUT2D eigenvalue weighted by Gasteiger charge is -2.25. The smallest absolute Gasteiger partial charge is 0.224 e. The summed E-state index contributed by atoms with van der Waals surface area (Å²) >= 11 is 0. The molecule has 110 valence electrons. The number of nitrogens with one attached hydrogen (secondary N) is 1. The van der Waals surface area contributed by atoms with Crippen LogP contribution < -0.4 is 5.32 Å². The average Bonchev–Trinajstić information content (AvgIpc) is 2.76. The van der Waals surface area contributed by atoms with Gasteiger partial charge in [0.2, 0.25) is 5.91 Å². The highest BCUT2D eigenvalue weighted by atomic mass is 32.2. The molecule has 6 heteroatoms. The van der Waals surface area contributed by atoms with Gasteiger partial charge in [-0.3, -0.25) is 4.79 Å². The Morgan fingerprint density at radius 2 is 2.16 bits per heavy atom. The molecule has 0 aliphatic carbocycles. The molecule has 5 nitrogen and oxygen atoms in total. The van der Waals surface area contributed by atoms with Gasteiger partial charge in [0.25, 0.3) is 0 Å². The third-order valence-electron chi connectivity index (χ3n) is 4.24. The maximum atomic E-state index is 12.2. The minimum Gasteiger partial charge on any atom is -0.342 e. The van der Waals surface area contributed by atoms with Crippen molar-refractivity contribution in [1.82, 2.24) is 10.2 Å². The average molecular weight is 288 g/mol. The summed E-state index contributed by atoms with van der Waals surface area (Å²) in [5.74, 6) is 1.58. The zero-order chi connectivity index (χ0) is 14.0. The van der Waals surface area contributed by atoms with Gasteiger partial charge in [-0.05, 0) is 18.3 Å². The number of hydrogen-bond acceptors (Lipinski definition) is 4. The maximum Gasteiger partial charge on any atom is 0.224 e. The highest BCUT2D eigenvalue weighted by Crippen LogP contribution is 2.24. The van der Waals surface area contributed by atoms with Crippen LogP contribution >= 0.6 is 0 Å². The molecule has 0 aromatic heterocycles. The van der Waals surface area contributed by atoms with Crippen molar-refractivity contribution in [2.24, 2.45) is 11.8 Å². The lowest BCUT2D eigenvalue weighted by atomic mass is 9.95. The number of carbonyl (C=O) groups is 1. The molecule has 0 aromatic carbocycles. The summed E-state index contributed by atoms with van der Waals surface area (Å²) in [7, 11) is -2.96. The van der Waals surface area contributed by atoms with Crippen LogP contribution in [0.15, 0.2) is 0 Å². The number of likely N-dealkylation sites (tertiary alicyclic amines) is 1. The Morgan fingerprint density at radius 3 is 2.74 bits per heavy atom. The van der Waals surface area contributed by atoms with E-state index >= 15 is 0 Å². The van der Waals surface area contributed by atoms with E-state index in [1.54, 1.807) is 0 Å². The molecule has 0 bridgehead atoms. The molecule has 1 N–H and O–H groups in total. The highest BCUT2D eigenvalue weighted by Gasteiger charge is 2.31. The number of rotatable bonds is 3. The van der Waals surface area contributed by atoms with Crippen LogP contribution in [0.4, 0.5) is 0 Å². The minimum atomic E-state index is -2.96. The first-order chi connectivity index (χ1) is 8.87. The predicted octanol–water partition coefficient (Wildman–Crippen LogP) is 0.268. The molecule has 2 unspecified atom stereocenters. The number of sulfone groups is 1. The van der Waals surface area contributed by atoms with Crippen LogP contribution in [0.3, 0.4) is 0 Å². The minimum absolute atomic E-state index is 0.0951. The van der Waals surface area contributed by atoms with Crippen molar-refractivity contribution in [3.05, 3.63) is 0 Å². The summed E-state index contributed by atoms with van der Waals surface area (Å²) in [5, 5.41) is 3.14. The SMILES string of the molecule is CC(C)C1CCN(C(=O)CC2CS(=O)(=O)CCN2)C1. The molecule has 2 aliphatic heterocycles. The fourth-order valence-electron chi connectivity index (χ4n) is 2.90. The first-order valence-electron chi connectivity index (χ1n) is 7.09. The van der Waals surface area contributed by atoms with Crippen molar-refractivity contribution in [2.75, 3.05) is 31.1 Å². The van der Waals surface area contributed by atoms with Crippen LogP contribution in [0.5, 0.6) is 0 Å². The van der Waals surface area contributed by atoms with Gasteiger partial charge in [-0.25, -0.2) is 8.42 Å². The molecule has 0 aromatic rings. The summed E-state index contributed by atoms with van der Waals surface area (Å²) < 4.78 is 23.1. The monoisotopic (exact) mass is 288 g/mol. The normalized spacial score (nSPS) is 30.8. The Kier molecular flexibility index (Phi) is 4.50. The van der Waals surface area contributed by atoms with Gasteiger partial charge in [0.05, 0.1) is 11.5 Å². The van der Waals surface area contributed by atoms with Crippen molar-refractivity contribution in [3.8, 4) is 0 Å². The summed E-state index contributed by atoms with van der Waals surface area (Å²) in [6.45, 7) is 6.49. The maximum absolute atomic E-state index is 12.2. The third-order valence-corrected chi connectivity index (χ3v) is 5.98. The van der Waals surface area contributed by atoms with Crippen LogP contribution in [0.25, 0.3) is 0 Å². The predicted molar refractivity (Wildman–Crippen MR) is 74.6 cm³/mol. The van der Waals surface area contributed by atoms with Crippen LogP contribution in [0, 0.1) is 11.8 Å². The zero-order valence-corrected chi connectivity index (χ0v) is 12.6. The largest absolute Gasteiger partial charge is 0.342 e. The van der Waals surface area contributed by atoms with Gasteiger partial charge in [-0.15, -0.1) is 0 Å². The molecule has 0 saturated carbocycles. The Balaban J connectivity index is 1.85. The van der Waals surface area contributed by atoms with E-state index < -0.39 is 9.84 Å². The number of hydrogen-bond donors (Lipinski definition) is 1. The molecule has 0 radical (unpaired) electrons. The van der Waals surface area contributed by atoms with Crippen molar-refractivity contribution in [1.29, 1.82) is 0 Å². The van der Waals surface area contributed by atoms with Crippen LogP contribution in [0.1, 0.15) is 26.7 Å². The molecule has 2 aliphatic rings. The molecule has 0 spiro atoms. The summed E-state index contributed by atoms with van der Waals surface area (Å²) in [5.41, 5.74) is 0. The summed E-state index contributed by atoms with van der Waals surface area (Å²) in [6.07, 6.45) is 1.38. The molecule has 2 rings (SSSR count). The van der Waals surface area contributed by atoms with Gasteiger partial charge in [-0.2, -0.15) is 0 Å². The van der Waals surface area contributed by atoms with E-state index in [0.29, 0.717) is 24.8 Å². The van der Waals surface area contributed by atoms with Gasteiger partial charge in [0.1, 0.15) is 0 Å². The van der Waals surface area contributed by atoms with E-state index in [2.05, 4.69) is 19.2 Å². The Hall–Kier alpha value is -0.620. The number of amides is 1. The second-order valence-electron chi connectivity index (χ2n) is 6.10. The zero-order valence-electron chi connectivity index (χ0n) is 11.8. The first-order valence-corrected chi connectivity index (χ1v) is 8.91. The van der Waals surface area contributed by atoms with Crippen molar-refractivity contribution < 1.29 is 13.2 Å². The molecular formula is C13H24N2O3S. The van der Waals surface area contributed by atoms with Crippen LogP contribution in [0.2, 0.25) is 0 Å². The second kappa shape index (κ2) is 5.79. The Bertz CT molecular complexity index is 433. The number of nitrogens with zero attached hydrogens (tertiary/aromatic N) is 1. The second-order valence-corrected chi connectivity index (χ2v) is 8.33. The van der Waals surface area contributed by atoms with Gasteiger partial charge < -0.3 is 10.2 Å². The quantitative estimate of drug-likeness (QED) is 0.809. The van der Waals surface area contributed by atoms with Gasteiger partial charge in [-0.1, -0.05) is 13.8 Å². The molecule has 19 heavy (non-hydrogen) atoms. The van der Waals surface area contributed by atoms with E-state index in [9.17, 15) is 13.2 Å². The van der Waals surface area contributed by atoms with E-state index in [1.165, 1.54) is 0 Å². The molecule has 2 atom stereocenters. The first kappa shape index (κ1) is 14.8. The Morgan fingerprint density at radius 1 is 1.42 bits per heavy atom. The van der Waals surface area contributed by atoms with E-state index in [0.717, 1.165) is 19.5 Å². The van der Waals surface area contributed by atoms with E-state index in [4.69, 9.17) is 0 Å². The van der Waals surface area contributed by atoms with Crippen LogP contribution in [-0.2, 0) is 14.6 Å². The standard InChI is InChI=1S/C13H24N2O3S/c1-10(2)11-3-5-15(8-11)13(16)7-12-9-19(17,18)6-4-14-12/h10-12,14H,3-9H2,1-2H3. The van der Waals surface area contributed by atoms with E-state index in [-0.39, 0.29) is 23.5 Å². The van der Waals surface area contributed by atoms with Gasteiger partial charge in [0.15, 0.2) is 9.84 Å². The van der Waals surface area contributed by atoms with Crippen molar-refractivity contribution in [3.63, 3.8) is 0 Å². The molecule has 1 amide bonds. The fraction of sp³-hybridized carbons (Fsp3) is 0.923. The van der Waals surface area contributed by atoms with Gasteiger partial charge >= 0.3 is 0 Å². The third kappa shape index (κ3) is 3.92. The molecular weight excluding hydrogens is 264 g/mol. The topological polar surface area (TPSA) is 66.5 Å². The van der Waals surface area contributed by atoms with Crippen molar-refractivity contribution in [2.45, 2.75) is 32.7 Å². The van der Waals surface area contributed by atoms with Crippen LogP contribution in [-0.4, -0.2) is 56.4 Å². The molecule has 2 fully saturated rings. The Labute approximate surface area is 115 Å². The summed E-state index contributed by atoms with van der Waals surface area (Å²) in [6, 6.07) is -0.204. The molecule has 2 saturated heterocycles. The molecule has 2 heterocycles. The van der Waals surface area contributed by atoms with Crippen molar-refractivity contribution >= 4 is 15.7 Å². The highest BCUT2D eigenvalue weighted by molar-refractivity contribution is 7.91. The van der Waals surface area contributed by atoms with Gasteiger partial charge in [0, 0.05) is 32.1 Å². The number of carbonyl (C=O) groups excluding carboxylic acids is 1. The lowest BCUT2D eigenvalue weighted by Crippen LogP contribution is -2.47. The summed E-state index contributed by atoms with van der Waals surface area (Å²) in [4.78, 5) is 14.1. The van der Waals surface area contributed by atoms with E-state index in [1.807, 2.05) is 4.90 Å². The lowest BCUT2D eigenvalue weighted by molar-refractivity contribution is -0.130. The fourth-order valence-corrected chi connectivity index (χ4v) is 4.34.